The van der Waals surface area contributed by atoms with E-state index < -0.39 is 48.5 Å². The molecule has 0 fully saturated rings. The number of hydrogen-bond acceptors (Lipinski definition) is 5. The van der Waals surface area contributed by atoms with Gasteiger partial charge in [0, 0.05) is 13.5 Å². The van der Waals surface area contributed by atoms with Gasteiger partial charge in [-0.15, -0.1) is 0 Å². The molecule has 0 unspecified atom stereocenters. The highest BCUT2D eigenvalue weighted by Gasteiger charge is 2.44. The van der Waals surface area contributed by atoms with E-state index >= 15 is 0 Å². The van der Waals surface area contributed by atoms with Crippen molar-refractivity contribution >= 4 is 29.4 Å². The van der Waals surface area contributed by atoms with E-state index in [0.29, 0.717) is 24.9 Å². The smallest absolute Gasteiger partial charge is 0.327 e. The van der Waals surface area contributed by atoms with Gasteiger partial charge in [0.15, 0.2) is 0 Å². The maximum absolute atomic E-state index is 13.5. The number of aryl methyl sites for hydroxylation is 1. The molecule has 10 heteroatoms. The summed E-state index contributed by atoms with van der Waals surface area (Å²) in [7, 11) is 1.48. The Labute approximate surface area is 198 Å². The fourth-order valence-corrected chi connectivity index (χ4v) is 4.73. The molecule has 2 N–H and O–H groups in total. The van der Waals surface area contributed by atoms with Crippen LogP contribution >= 0.6 is 0 Å². The molecule has 1 aromatic rings. The summed E-state index contributed by atoms with van der Waals surface area (Å²) in [6, 6.07) is 2.73. The normalized spacial score (nSPS) is 20.8. The molecule has 0 radical (unpaired) electrons. The Morgan fingerprint density at radius 1 is 1.32 bits per heavy atom. The molecule has 0 spiro atoms. The van der Waals surface area contributed by atoms with Gasteiger partial charge in [-0.05, 0) is 29.9 Å². The van der Waals surface area contributed by atoms with Crippen molar-refractivity contribution in [2.75, 3.05) is 31.8 Å². The number of carboxylic acid groups (broad SMARTS) is 1. The fraction of sp³-hybridized carbons (Fsp3) is 0.583. The van der Waals surface area contributed by atoms with E-state index in [1.54, 1.807) is 0 Å². The van der Waals surface area contributed by atoms with E-state index in [4.69, 9.17) is 4.74 Å². The van der Waals surface area contributed by atoms with Crippen LogP contribution in [0.5, 0.6) is 0 Å². The Hall–Kier alpha value is -3.01. The van der Waals surface area contributed by atoms with Gasteiger partial charge in [0.05, 0.1) is 12.3 Å². The number of ether oxygens (including phenoxy) is 1. The quantitative estimate of drug-likeness (QED) is 0.491. The molecule has 0 aromatic heterocycles. The predicted octanol–water partition coefficient (Wildman–Crippen LogP) is 1.32. The Balaban J connectivity index is 1.81. The first-order chi connectivity index (χ1) is 16.2. The third-order valence-corrected chi connectivity index (χ3v) is 6.72. The average molecular weight is 478 g/mol. The second kappa shape index (κ2) is 10.9. The number of rotatable bonds is 10. The van der Waals surface area contributed by atoms with Gasteiger partial charge in [0.2, 0.25) is 17.7 Å². The standard InChI is InChI=1S/C24H32FN3O6/c1-4-14(2)20(27(3)19(29)13-34-11-10-25)22(30)26-17-9-8-15-6-5-7-16-12-18(24(32)33)28(21(15)16)23(17)31/h5-7,14,17-18,20H,4,8-13H2,1-3H3,(H,26,30)(H,32,33)/t14-,17-,18-,20-/m0/s1. The van der Waals surface area contributed by atoms with Crippen LogP contribution in [0.25, 0.3) is 0 Å². The molecule has 2 aliphatic heterocycles. The van der Waals surface area contributed by atoms with Crippen LogP contribution in [0.1, 0.15) is 37.8 Å². The van der Waals surface area contributed by atoms with Crippen LogP contribution in [0.4, 0.5) is 10.1 Å². The van der Waals surface area contributed by atoms with Crippen molar-refractivity contribution in [3.8, 4) is 0 Å². The number of anilines is 1. The highest BCUT2D eigenvalue weighted by atomic mass is 19.1. The lowest BCUT2D eigenvalue weighted by molar-refractivity contribution is -0.145. The zero-order valence-corrected chi connectivity index (χ0v) is 19.8. The van der Waals surface area contributed by atoms with Crippen molar-refractivity contribution in [3.63, 3.8) is 0 Å². The monoisotopic (exact) mass is 477 g/mol. The van der Waals surface area contributed by atoms with Crippen LogP contribution in [0.3, 0.4) is 0 Å². The number of alkyl halides is 1. The molecule has 1 aromatic carbocycles. The van der Waals surface area contributed by atoms with Crippen LogP contribution in [0.2, 0.25) is 0 Å². The number of benzene rings is 1. The van der Waals surface area contributed by atoms with Crippen LogP contribution in [0.15, 0.2) is 18.2 Å². The first kappa shape index (κ1) is 25.6. The Kier molecular flexibility index (Phi) is 8.24. The largest absolute Gasteiger partial charge is 0.480 e. The number of amides is 3. The maximum atomic E-state index is 13.5. The summed E-state index contributed by atoms with van der Waals surface area (Å²) < 4.78 is 17.3. The van der Waals surface area contributed by atoms with Crippen molar-refractivity contribution < 1.29 is 33.4 Å². The molecule has 0 aliphatic carbocycles. The zero-order chi connectivity index (χ0) is 25.0. The highest BCUT2D eigenvalue weighted by molar-refractivity contribution is 6.07. The van der Waals surface area contributed by atoms with Crippen molar-refractivity contribution in [2.24, 2.45) is 5.92 Å². The van der Waals surface area contributed by atoms with Gasteiger partial charge in [-0.1, -0.05) is 38.5 Å². The highest BCUT2D eigenvalue weighted by Crippen LogP contribution is 2.39. The maximum Gasteiger partial charge on any atom is 0.327 e. The Morgan fingerprint density at radius 3 is 2.68 bits per heavy atom. The van der Waals surface area contributed by atoms with Crippen molar-refractivity contribution in [3.05, 3.63) is 29.3 Å². The third kappa shape index (κ3) is 5.06. The van der Waals surface area contributed by atoms with Gasteiger partial charge in [-0.2, -0.15) is 0 Å². The Morgan fingerprint density at radius 2 is 2.03 bits per heavy atom. The number of nitrogens with zero attached hydrogens (tertiary/aromatic N) is 2. The molecule has 2 aliphatic rings. The third-order valence-electron chi connectivity index (χ3n) is 6.72. The number of carbonyl (C=O) groups is 4. The summed E-state index contributed by atoms with van der Waals surface area (Å²) in [5, 5.41) is 12.5. The lowest BCUT2D eigenvalue weighted by Crippen LogP contribution is -2.58. The van der Waals surface area contributed by atoms with Crippen LogP contribution in [0, 0.1) is 5.92 Å². The van der Waals surface area contributed by atoms with E-state index in [9.17, 15) is 28.7 Å². The number of halogens is 1. The zero-order valence-electron chi connectivity index (χ0n) is 19.8. The van der Waals surface area contributed by atoms with Gasteiger partial charge in [0.1, 0.15) is 31.4 Å². The molecule has 0 saturated carbocycles. The number of para-hydroxylation sites is 1. The molecule has 9 nitrogen and oxygen atoms in total. The summed E-state index contributed by atoms with van der Waals surface area (Å²) in [6.45, 7) is 2.44. The van der Waals surface area contributed by atoms with Crippen molar-refractivity contribution in [2.45, 2.75) is 57.7 Å². The van der Waals surface area contributed by atoms with Crippen LogP contribution in [-0.4, -0.2) is 78.8 Å². The molecule has 4 atom stereocenters. The van der Waals surface area contributed by atoms with E-state index in [1.807, 2.05) is 32.0 Å². The number of aliphatic carboxylic acids is 1. The summed E-state index contributed by atoms with van der Waals surface area (Å²) in [6.07, 6.45) is 1.63. The summed E-state index contributed by atoms with van der Waals surface area (Å²) in [5.74, 6) is -2.75. The molecule has 34 heavy (non-hydrogen) atoms. The first-order valence-corrected chi connectivity index (χ1v) is 11.6. The van der Waals surface area contributed by atoms with Crippen LogP contribution in [-0.2, 0) is 36.8 Å². The second-order valence-corrected chi connectivity index (χ2v) is 8.87. The second-order valence-electron chi connectivity index (χ2n) is 8.87. The molecule has 3 amide bonds. The molecule has 3 rings (SSSR count). The molecular weight excluding hydrogens is 445 g/mol. The number of nitrogens with one attached hydrogen (secondary N) is 1. The number of hydrogen-bond donors (Lipinski definition) is 2. The van der Waals surface area contributed by atoms with E-state index in [1.165, 1.54) is 16.8 Å². The number of carboxylic acids is 1. The topological polar surface area (TPSA) is 116 Å². The molecule has 2 heterocycles. The van der Waals surface area contributed by atoms with Gasteiger partial charge in [-0.25, -0.2) is 9.18 Å². The lowest BCUT2D eigenvalue weighted by Gasteiger charge is -2.33. The van der Waals surface area contributed by atoms with Crippen LogP contribution < -0.4 is 10.2 Å². The lowest BCUT2D eigenvalue weighted by atomic mass is 9.96. The minimum Gasteiger partial charge on any atom is -0.480 e. The minimum atomic E-state index is -1.10. The van der Waals surface area contributed by atoms with E-state index in [-0.39, 0.29) is 25.6 Å². The molecule has 186 valence electrons. The van der Waals surface area contributed by atoms with Crippen molar-refractivity contribution in [1.29, 1.82) is 0 Å². The summed E-state index contributed by atoms with van der Waals surface area (Å²) >= 11 is 0. The summed E-state index contributed by atoms with van der Waals surface area (Å²) in [5.41, 5.74) is 2.32. The Bertz CT molecular complexity index is 955. The van der Waals surface area contributed by atoms with Gasteiger partial charge in [0.25, 0.3) is 0 Å². The average Bonchev–Trinajstić information content (AvgIpc) is 3.15. The molecular formula is C24H32FN3O6. The SMILES string of the molecule is CC[C@H](C)[C@@H](C(=O)N[C@H]1CCc2cccc3c2N(C1=O)[C@H](C(=O)O)C3)N(C)C(=O)COCCF. The molecule has 0 bridgehead atoms. The number of carbonyl (C=O) groups excluding carboxylic acids is 3. The minimum absolute atomic E-state index is 0.209. The van der Waals surface area contributed by atoms with Gasteiger partial charge < -0.3 is 20.1 Å². The van der Waals surface area contributed by atoms with Gasteiger partial charge >= 0.3 is 5.97 Å². The predicted molar refractivity (Wildman–Crippen MR) is 122 cm³/mol. The fourth-order valence-electron chi connectivity index (χ4n) is 4.73. The summed E-state index contributed by atoms with van der Waals surface area (Å²) in [4.78, 5) is 53.8. The van der Waals surface area contributed by atoms with Gasteiger partial charge in [-0.3, -0.25) is 19.3 Å². The number of likely N-dealkylation sites (N-methyl/N-ethyl adjacent to an activating group) is 1. The van der Waals surface area contributed by atoms with E-state index in [2.05, 4.69) is 5.32 Å². The molecule has 0 saturated heterocycles. The first-order valence-electron chi connectivity index (χ1n) is 11.6. The van der Waals surface area contributed by atoms with Crippen molar-refractivity contribution in [1.82, 2.24) is 10.2 Å². The van der Waals surface area contributed by atoms with E-state index in [0.717, 1.165) is 11.1 Å².